The van der Waals surface area contributed by atoms with Crippen LogP contribution >= 0.6 is 0 Å². The monoisotopic (exact) mass is 294 g/mol. The van der Waals surface area contributed by atoms with Gasteiger partial charge in [0.25, 0.3) is 0 Å². The number of benzene rings is 1. The van der Waals surface area contributed by atoms with Crippen LogP contribution in [0.4, 0.5) is 8.78 Å². The molecule has 0 bridgehead atoms. The number of nitrogens with zero attached hydrogens (tertiary/aromatic N) is 1. The molecule has 0 spiro atoms. The van der Waals surface area contributed by atoms with E-state index in [4.69, 9.17) is 0 Å². The SMILES string of the molecule is CCCn1ccc(CNCc2ccccc2OC(F)F)c1. The minimum atomic E-state index is -2.80. The molecule has 1 aromatic carbocycles. The van der Waals surface area contributed by atoms with Crippen LogP contribution < -0.4 is 10.1 Å². The second kappa shape index (κ2) is 7.78. The van der Waals surface area contributed by atoms with Crippen LogP contribution in [0.5, 0.6) is 5.75 Å². The van der Waals surface area contributed by atoms with E-state index in [1.54, 1.807) is 18.2 Å². The van der Waals surface area contributed by atoms with E-state index >= 15 is 0 Å². The summed E-state index contributed by atoms with van der Waals surface area (Å²) in [6.07, 6.45) is 5.24. The predicted octanol–water partition coefficient (Wildman–Crippen LogP) is 3.79. The number of para-hydroxylation sites is 1. The first kappa shape index (κ1) is 15.5. The first-order chi connectivity index (χ1) is 10.2. The Morgan fingerprint density at radius 3 is 2.76 bits per heavy atom. The lowest BCUT2D eigenvalue weighted by Crippen LogP contribution is -2.14. The fourth-order valence-electron chi connectivity index (χ4n) is 2.19. The Bertz CT molecular complexity index is 555. The van der Waals surface area contributed by atoms with Gasteiger partial charge in [-0.2, -0.15) is 8.78 Å². The van der Waals surface area contributed by atoms with E-state index in [1.165, 1.54) is 5.56 Å². The fourth-order valence-corrected chi connectivity index (χ4v) is 2.19. The number of hydrogen-bond acceptors (Lipinski definition) is 2. The number of ether oxygens (including phenoxy) is 1. The molecule has 1 N–H and O–H groups in total. The molecular weight excluding hydrogens is 274 g/mol. The van der Waals surface area contributed by atoms with Gasteiger partial charge in [-0.3, -0.25) is 0 Å². The zero-order valence-electron chi connectivity index (χ0n) is 12.1. The third-order valence-corrected chi connectivity index (χ3v) is 3.13. The number of rotatable bonds is 8. The zero-order valence-corrected chi connectivity index (χ0v) is 12.1. The number of alkyl halides is 2. The lowest BCUT2D eigenvalue weighted by atomic mass is 10.2. The van der Waals surface area contributed by atoms with Crippen LogP contribution in [0.2, 0.25) is 0 Å². The molecule has 0 amide bonds. The van der Waals surface area contributed by atoms with E-state index in [9.17, 15) is 8.78 Å². The molecule has 5 heteroatoms. The predicted molar refractivity (Wildman–Crippen MR) is 78.3 cm³/mol. The van der Waals surface area contributed by atoms with Crippen LogP contribution in [0.1, 0.15) is 24.5 Å². The standard InChI is InChI=1S/C16H20F2N2O/c1-2-8-20-9-7-13(12-20)10-19-11-14-5-3-4-6-15(14)21-16(17)18/h3-7,9,12,16,19H,2,8,10-11H2,1H3. The number of aryl methyl sites for hydroxylation is 1. The summed E-state index contributed by atoms with van der Waals surface area (Å²) in [4.78, 5) is 0. The molecule has 0 radical (unpaired) electrons. The molecule has 0 aliphatic heterocycles. The van der Waals surface area contributed by atoms with E-state index in [2.05, 4.69) is 33.8 Å². The van der Waals surface area contributed by atoms with E-state index in [0.29, 0.717) is 13.1 Å². The van der Waals surface area contributed by atoms with Gasteiger partial charge in [-0.25, -0.2) is 0 Å². The third-order valence-electron chi connectivity index (χ3n) is 3.13. The first-order valence-corrected chi connectivity index (χ1v) is 7.07. The molecule has 1 aromatic heterocycles. The summed E-state index contributed by atoms with van der Waals surface area (Å²) in [5.74, 6) is 0.226. The van der Waals surface area contributed by atoms with E-state index < -0.39 is 6.61 Å². The lowest BCUT2D eigenvalue weighted by Gasteiger charge is -2.11. The van der Waals surface area contributed by atoms with Gasteiger partial charge in [-0.15, -0.1) is 0 Å². The molecule has 114 valence electrons. The highest BCUT2D eigenvalue weighted by molar-refractivity contribution is 5.33. The average molecular weight is 294 g/mol. The van der Waals surface area contributed by atoms with Crippen molar-refractivity contribution in [3.63, 3.8) is 0 Å². The Balaban J connectivity index is 1.87. The molecule has 1 heterocycles. The van der Waals surface area contributed by atoms with Crippen LogP contribution in [0.3, 0.4) is 0 Å². The highest BCUT2D eigenvalue weighted by atomic mass is 19.3. The lowest BCUT2D eigenvalue weighted by molar-refractivity contribution is -0.0505. The number of nitrogens with one attached hydrogen (secondary N) is 1. The Morgan fingerprint density at radius 1 is 1.19 bits per heavy atom. The van der Waals surface area contributed by atoms with Gasteiger partial charge in [0.2, 0.25) is 0 Å². The Hall–Kier alpha value is -1.88. The van der Waals surface area contributed by atoms with Crippen molar-refractivity contribution in [2.24, 2.45) is 0 Å². The fraction of sp³-hybridized carbons (Fsp3) is 0.375. The van der Waals surface area contributed by atoms with Gasteiger partial charge in [-0.05, 0) is 24.1 Å². The zero-order chi connectivity index (χ0) is 15.1. The number of aromatic nitrogens is 1. The molecule has 0 atom stereocenters. The van der Waals surface area contributed by atoms with Gasteiger partial charge in [0.05, 0.1) is 0 Å². The molecule has 2 aromatic rings. The quantitative estimate of drug-likeness (QED) is 0.801. The third kappa shape index (κ3) is 4.86. The van der Waals surface area contributed by atoms with E-state index in [-0.39, 0.29) is 5.75 Å². The molecule has 0 unspecified atom stereocenters. The molecule has 0 aliphatic carbocycles. The molecule has 3 nitrogen and oxygen atoms in total. The van der Waals surface area contributed by atoms with Crippen molar-refractivity contribution in [3.8, 4) is 5.75 Å². The summed E-state index contributed by atoms with van der Waals surface area (Å²) in [6, 6.07) is 8.90. The highest BCUT2D eigenvalue weighted by Crippen LogP contribution is 2.20. The van der Waals surface area contributed by atoms with Crippen LogP contribution in [0, 0.1) is 0 Å². The van der Waals surface area contributed by atoms with Gasteiger partial charge in [0.1, 0.15) is 5.75 Å². The minimum Gasteiger partial charge on any atom is -0.434 e. The molecule has 21 heavy (non-hydrogen) atoms. The van der Waals surface area contributed by atoms with Crippen LogP contribution in [-0.2, 0) is 19.6 Å². The molecule has 0 fully saturated rings. The van der Waals surface area contributed by atoms with Crippen molar-refractivity contribution in [1.29, 1.82) is 0 Å². The summed E-state index contributed by atoms with van der Waals surface area (Å²) in [5, 5.41) is 3.25. The normalized spacial score (nSPS) is 11.0. The summed E-state index contributed by atoms with van der Waals surface area (Å²) >= 11 is 0. The maximum Gasteiger partial charge on any atom is 0.387 e. The summed E-state index contributed by atoms with van der Waals surface area (Å²) < 4.78 is 31.3. The van der Waals surface area contributed by atoms with Crippen LogP contribution in [0.15, 0.2) is 42.7 Å². The van der Waals surface area contributed by atoms with Crippen molar-refractivity contribution in [2.45, 2.75) is 39.6 Å². The van der Waals surface area contributed by atoms with Crippen LogP contribution in [-0.4, -0.2) is 11.2 Å². The van der Waals surface area contributed by atoms with Gasteiger partial charge in [-0.1, -0.05) is 25.1 Å². The van der Waals surface area contributed by atoms with Crippen molar-refractivity contribution in [2.75, 3.05) is 0 Å². The summed E-state index contributed by atoms with van der Waals surface area (Å²) in [5.41, 5.74) is 1.90. The largest absolute Gasteiger partial charge is 0.434 e. The summed E-state index contributed by atoms with van der Waals surface area (Å²) in [7, 11) is 0. The van der Waals surface area contributed by atoms with Crippen molar-refractivity contribution < 1.29 is 13.5 Å². The van der Waals surface area contributed by atoms with E-state index in [1.807, 2.05) is 12.3 Å². The van der Waals surface area contributed by atoms with Gasteiger partial charge < -0.3 is 14.6 Å². The molecule has 2 rings (SSSR count). The minimum absolute atomic E-state index is 0.226. The average Bonchev–Trinajstić information content (AvgIpc) is 2.88. The van der Waals surface area contributed by atoms with Gasteiger partial charge in [0, 0.05) is 37.6 Å². The molecule has 0 saturated carbocycles. The first-order valence-electron chi connectivity index (χ1n) is 7.07. The second-order valence-electron chi connectivity index (χ2n) is 4.85. The Labute approximate surface area is 123 Å². The maximum atomic E-state index is 12.3. The highest BCUT2D eigenvalue weighted by Gasteiger charge is 2.08. The topological polar surface area (TPSA) is 26.2 Å². The number of hydrogen-bond donors (Lipinski definition) is 1. The van der Waals surface area contributed by atoms with Gasteiger partial charge in [0.15, 0.2) is 0 Å². The Kier molecular flexibility index (Phi) is 5.75. The van der Waals surface area contributed by atoms with Gasteiger partial charge >= 0.3 is 6.61 Å². The van der Waals surface area contributed by atoms with Crippen molar-refractivity contribution in [1.82, 2.24) is 9.88 Å². The van der Waals surface area contributed by atoms with E-state index in [0.717, 1.165) is 18.5 Å². The molecular formula is C16H20F2N2O. The maximum absolute atomic E-state index is 12.3. The Morgan fingerprint density at radius 2 is 2.00 bits per heavy atom. The van der Waals surface area contributed by atoms with Crippen molar-refractivity contribution in [3.05, 3.63) is 53.9 Å². The smallest absolute Gasteiger partial charge is 0.387 e. The van der Waals surface area contributed by atoms with Crippen LogP contribution in [0.25, 0.3) is 0 Å². The number of halogens is 2. The second-order valence-corrected chi connectivity index (χ2v) is 4.85. The summed E-state index contributed by atoms with van der Waals surface area (Å²) in [6.45, 7) is 1.53. The molecule has 0 aliphatic rings. The molecule has 0 saturated heterocycles. The van der Waals surface area contributed by atoms with Crippen molar-refractivity contribution >= 4 is 0 Å².